The zero-order valence-electron chi connectivity index (χ0n) is 9.18. The van der Waals surface area contributed by atoms with E-state index in [-0.39, 0.29) is 17.5 Å². The van der Waals surface area contributed by atoms with Crippen LogP contribution < -0.4 is 11.1 Å². The molecule has 3 N–H and O–H groups in total. The smallest absolute Gasteiger partial charge is 0.237 e. The highest BCUT2D eigenvalue weighted by atomic mass is 16.2. The molecule has 3 heteroatoms. The van der Waals surface area contributed by atoms with Crippen LogP contribution in [0, 0.1) is 0 Å². The molecule has 78 valence electrons. The molecule has 0 radical (unpaired) electrons. The molecule has 0 saturated carbocycles. The standard InChI is InChI=1S/C10H22N2O/c1-5-7-10(3,4)12-9(13)8(11)6-2/h8H,5-7,11H2,1-4H3,(H,12,13)/t8-/m1/s1. The number of hydrogen-bond donors (Lipinski definition) is 2. The molecule has 1 amide bonds. The number of hydrogen-bond acceptors (Lipinski definition) is 2. The van der Waals surface area contributed by atoms with E-state index in [1.165, 1.54) is 0 Å². The van der Waals surface area contributed by atoms with Gasteiger partial charge in [-0.3, -0.25) is 4.79 Å². The third-order valence-electron chi connectivity index (χ3n) is 2.11. The molecule has 0 spiro atoms. The third kappa shape index (κ3) is 4.88. The van der Waals surface area contributed by atoms with E-state index in [4.69, 9.17) is 5.73 Å². The first-order valence-electron chi connectivity index (χ1n) is 5.00. The summed E-state index contributed by atoms with van der Waals surface area (Å²) < 4.78 is 0. The first-order chi connectivity index (χ1) is 5.93. The number of carbonyl (C=O) groups is 1. The molecule has 0 unspecified atom stereocenters. The minimum atomic E-state index is -0.365. The molecule has 0 aliphatic carbocycles. The molecule has 0 aromatic heterocycles. The van der Waals surface area contributed by atoms with Crippen LogP contribution in [0.2, 0.25) is 0 Å². The molecule has 0 aliphatic rings. The Labute approximate surface area is 81.1 Å². The third-order valence-corrected chi connectivity index (χ3v) is 2.11. The maximum atomic E-state index is 11.4. The first kappa shape index (κ1) is 12.4. The van der Waals surface area contributed by atoms with Crippen LogP contribution in [0.3, 0.4) is 0 Å². The zero-order chi connectivity index (χ0) is 10.5. The Morgan fingerprint density at radius 3 is 2.38 bits per heavy atom. The van der Waals surface area contributed by atoms with E-state index in [0.717, 1.165) is 12.8 Å². The highest BCUT2D eigenvalue weighted by Crippen LogP contribution is 2.10. The van der Waals surface area contributed by atoms with Crippen molar-refractivity contribution in [1.29, 1.82) is 0 Å². The van der Waals surface area contributed by atoms with Crippen molar-refractivity contribution in [3.8, 4) is 0 Å². The minimum Gasteiger partial charge on any atom is -0.350 e. The molecule has 0 rings (SSSR count). The maximum absolute atomic E-state index is 11.4. The lowest BCUT2D eigenvalue weighted by Crippen LogP contribution is -2.50. The number of amides is 1. The SMILES string of the molecule is CCCC(C)(C)NC(=O)[C@H](N)CC. The molecule has 0 fully saturated rings. The van der Waals surface area contributed by atoms with Gasteiger partial charge < -0.3 is 11.1 Å². The summed E-state index contributed by atoms with van der Waals surface area (Å²) in [6.45, 7) is 8.07. The van der Waals surface area contributed by atoms with E-state index in [1.807, 2.05) is 20.8 Å². The molecular weight excluding hydrogens is 164 g/mol. The van der Waals surface area contributed by atoms with E-state index in [2.05, 4.69) is 12.2 Å². The Morgan fingerprint density at radius 2 is 2.00 bits per heavy atom. The highest BCUT2D eigenvalue weighted by molar-refractivity contribution is 5.82. The molecule has 0 aromatic carbocycles. The van der Waals surface area contributed by atoms with Crippen molar-refractivity contribution in [3.05, 3.63) is 0 Å². The van der Waals surface area contributed by atoms with Crippen molar-refractivity contribution in [2.24, 2.45) is 5.73 Å². The second-order valence-electron chi connectivity index (χ2n) is 4.14. The monoisotopic (exact) mass is 186 g/mol. The summed E-state index contributed by atoms with van der Waals surface area (Å²) in [5, 5.41) is 2.94. The molecular formula is C10H22N2O. The van der Waals surface area contributed by atoms with Gasteiger partial charge in [0.25, 0.3) is 0 Å². The van der Waals surface area contributed by atoms with Gasteiger partial charge in [-0.15, -0.1) is 0 Å². The van der Waals surface area contributed by atoms with Crippen molar-refractivity contribution < 1.29 is 4.79 Å². The lowest BCUT2D eigenvalue weighted by atomic mass is 9.98. The minimum absolute atomic E-state index is 0.0408. The topological polar surface area (TPSA) is 55.1 Å². The fourth-order valence-electron chi connectivity index (χ4n) is 1.30. The van der Waals surface area contributed by atoms with Crippen LogP contribution in [0.25, 0.3) is 0 Å². The highest BCUT2D eigenvalue weighted by Gasteiger charge is 2.21. The van der Waals surface area contributed by atoms with Crippen LogP contribution >= 0.6 is 0 Å². The summed E-state index contributed by atoms with van der Waals surface area (Å²) in [6, 6.07) is -0.365. The molecule has 0 aliphatic heterocycles. The largest absolute Gasteiger partial charge is 0.350 e. The average Bonchev–Trinajstić information content (AvgIpc) is 2.01. The summed E-state index contributed by atoms with van der Waals surface area (Å²) in [4.78, 5) is 11.4. The van der Waals surface area contributed by atoms with Crippen molar-refractivity contribution in [1.82, 2.24) is 5.32 Å². The first-order valence-corrected chi connectivity index (χ1v) is 5.00. The van der Waals surface area contributed by atoms with Gasteiger partial charge in [0.15, 0.2) is 0 Å². The summed E-state index contributed by atoms with van der Waals surface area (Å²) >= 11 is 0. The van der Waals surface area contributed by atoms with Gasteiger partial charge in [-0.2, -0.15) is 0 Å². The van der Waals surface area contributed by atoms with Gasteiger partial charge in [0, 0.05) is 5.54 Å². The normalized spacial score (nSPS) is 13.9. The Bertz CT molecular complexity index is 166. The van der Waals surface area contributed by atoms with Crippen LogP contribution in [0.4, 0.5) is 0 Å². The van der Waals surface area contributed by atoms with Crippen molar-refractivity contribution in [2.45, 2.75) is 58.5 Å². The molecule has 0 bridgehead atoms. The van der Waals surface area contributed by atoms with Gasteiger partial charge in [0.1, 0.15) is 0 Å². The average molecular weight is 186 g/mol. The second kappa shape index (κ2) is 5.22. The van der Waals surface area contributed by atoms with Gasteiger partial charge in [-0.05, 0) is 26.7 Å². The summed E-state index contributed by atoms with van der Waals surface area (Å²) in [7, 11) is 0. The van der Waals surface area contributed by atoms with Gasteiger partial charge in [0.2, 0.25) is 5.91 Å². The Hall–Kier alpha value is -0.570. The van der Waals surface area contributed by atoms with Crippen LogP contribution in [0.5, 0.6) is 0 Å². The van der Waals surface area contributed by atoms with E-state index >= 15 is 0 Å². The maximum Gasteiger partial charge on any atom is 0.237 e. The van der Waals surface area contributed by atoms with Gasteiger partial charge in [0.05, 0.1) is 6.04 Å². The van der Waals surface area contributed by atoms with Crippen molar-refractivity contribution in [3.63, 3.8) is 0 Å². The van der Waals surface area contributed by atoms with Gasteiger partial charge >= 0.3 is 0 Å². The predicted molar refractivity (Wildman–Crippen MR) is 55.4 cm³/mol. The van der Waals surface area contributed by atoms with Crippen LogP contribution in [0.15, 0.2) is 0 Å². The molecule has 0 heterocycles. The molecule has 0 saturated heterocycles. The van der Waals surface area contributed by atoms with E-state index in [1.54, 1.807) is 0 Å². The van der Waals surface area contributed by atoms with E-state index < -0.39 is 0 Å². The summed E-state index contributed by atoms with van der Waals surface area (Å²) in [5.41, 5.74) is 5.48. The summed E-state index contributed by atoms with van der Waals surface area (Å²) in [6.07, 6.45) is 2.73. The van der Waals surface area contributed by atoms with Gasteiger partial charge in [-0.25, -0.2) is 0 Å². The predicted octanol–water partition coefficient (Wildman–Crippen LogP) is 1.42. The number of nitrogens with two attached hydrogens (primary N) is 1. The number of rotatable bonds is 5. The van der Waals surface area contributed by atoms with E-state index in [9.17, 15) is 4.79 Å². The molecule has 0 aromatic rings. The van der Waals surface area contributed by atoms with Crippen molar-refractivity contribution >= 4 is 5.91 Å². The second-order valence-corrected chi connectivity index (χ2v) is 4.14. The fraction of sp³-hybridized carbons (Fsp3) is 0.900. The molecule has 3 nitrogen and oxygen atoms in total. The summed E-state index contributed by atoms with van der Waals surface area (Å²) in [5.74, 6) is -0.0408. The van der Waals surface area contributed by atoms with Crippen LogP contribution in [-0.2, 0) is 4.79 Å². The van der Waals surface area contributed by atoms with Crippen LogP contribution in [0.1, 0.15) is 47.0 Å². The van der Waals surface area contributed by atoms with Crippen molar-refractivity contribution in [2.75, 3.05) is 0 Å². The van der Waals surface area contributed by atoms with Gasteiger partial charge in [-0.1, -0.05) is 20.3 Å². The van der Waals surface area contributed by atoms with Crippen LogP contribution in [-0.4, -0.2) is 17.5 Å². The lowest BCUT2D eigenvalue weighted by Gasteiger charge is -2.27. The Balaban J connectivity index is 4.03. The lowest BCUT2D eigenvalue weighted by molar-refractivity contribution is -0.124. The number of carbonyl (C=O) groups excluding carboxylic acids is 1. The molecule has 1 atom stereocenters. The Kier molecular flexibility index (Phi) is 4.99. The Morgan fingerprint density at radius 1 is 1.46 bits per heavy atom. The zero-order valence-corrected chi connectivity index (χ0v) is 9.18. The molecule has 13 heavy (non-hydrogen) atoms. The quantitative estimate of drug-likeness (QED) is 0.682. The fourth-order valence-corrected chi connectivity index (χ4v) is 1.30. The van der Waals surface area contributed by atoms with E-state index in [0.29, 0.717) is 6.42 Å². The number of nitrogens with one attached hydrogen (secondary N) is 1.